The van der Waals surface area contributed by atoms with Crippen molar-refractivity contribution in [2.75, 3.05) is 23.0 Å². The zero-order chi connectivity index (χ0) is 13.3. The minimum Gasteiger partial charge on any atom is -0.367 e. The number of hydrogen-bond donors (Lipinski definition) is 0. The molecule has 18 heavy (non-hydrogen) atoms. The summed E-state index contributed by atoms with van der Waals surface area (Å²) in [6, 6.07) is 6.38. The number of aryl methyl sites for hydroxylation is 1. The second-order valence-corrected chi connectivity index (χ2v) is 7.71. The van der Waals surface area contributed by atoms with Crippen molar-refractivity contribution in [1.82, 2.24) is 0 Å². The van der Waals surface area contributed by atoms with Crippen LogP contribution in [-0.2, 0) is 15.2 Å². The third-order valence-electron chi connectivity index (χ3n) is 3.36. The van der Waals surface area contributed by atoms with E-state index in [2.05, 4.69) is 46.0 Å². The molecule has 1 atom stereocenters. The highest BCUT2D eigenvalue weighted by atomic mass is 79.9. The summed E-state index contributed by atoms with van der Waals surface area (Å²) in [6.07, 6.45) is 0. The fourth-order valence-electron chi connectivity index (χ4n) is 2.46. The first-order valence-corrected chi connectivity index (χ1v) is 9.00. The van der Waals surface area contributed by atoms with Crippen molar-refractivity contribution < 1.29 is 8.42 Å². The van der Waals surface area contributed by atoms with E-state index >= 15 is 0 Å². The maximum atomic E-state index is 11.6. The average molecular weight is 332 g/mol. The van der Waals surface area contributed by atoms with E-state index in [-0.39, 0.29) is 17.5 Å². The van der Waals surface area contributed by atoms with E-state index in [1.807, 2.05) is 6.92 Å². The quantitative estimate of drug-likeness (QED) is 0.781. The molecule has 2 rings (SSSR count). The molecule has 1 aliphatic rings. The summed E-state index contributed by atoms with van der Waals surface area (Å²) in [6.45, 7) is 4.64. The van der Waals surface area contributed by atoms with Crippen molar-refractivity contribution in [3.63, 3.8) is 0 Å². The molecule has 0 bridgehead atoms. The minimum atomic E-state index is -2.85. The molecule has 0 spiro atoms. The molecule has 1 aromatic rings. The van der Waals surface area contributed by atoms with Crippen LogP contribution in [0.5, 0.6) is 0 Å². The Bertz CT molecular complexity index is 542. The van der Waals surface area contributed by atoms with Gasteiger partial charge in [0.1, 0.15) is 0 Å². The standard InChI is InChI=1S/C13H18BrNO2S/c1-10-3-4-13(12(7-10)8-14)15-5-6-18(16,17)9-11(15)2/h3-4,7,11H,5-6,8-9H2,1-2H3. The molecular weight excluding hydrogens is 314 g/mol. The molecule has 0 aromatic heterocycles. The Morgan fingerprint density at radius 1 is 1.44 bits per heavy atom. The Morgan fingerprint density at radius 2 is 2.17 bits per heavy atom. The molecule has 0 N–H and O–H groups in total. The van der Waals surface area contributed by atoms with Gasteiger partial charge in [-0.15, -0.1) is 0 Å². The molecule has 1 saturated heterocycles. The van der Waals surface area contributed by atoms with Crippen LogP contribution in [0, 0.1) is 6.92 Å². The third-order valence-corrected chi connectivity index (χ3v) is 5.76. The summed E-state index contributed by atoms with van der Waals surface area (Å²) in [4.78, 5) is 2.21. The van der Waals surface area contributed by atoms with Crippen LogP contribution in [0.1, 0.15) is 18.1 Å². The lowest BCUT2D eigenvalue weighted by molar-refractivity contribution is 0.568. The van der Waals surface area contributed by atoms with Crippen LogP contribution in [0.4, 0.5) is 5.69 Å². The van der Waals surface area contributed by atoms with Crippen LogP contribution in [0.15, 0.2) is 18.2 Å². The van der Waals surface area contributed by atoms with Crippen molar-refractivity contribution in [3.8, 4) is 0 Å². The molecule has 0 aliphatic carbocycles. The van der Waals surface area contributed by atoms with E-state index in [9.17, 15) is 8.42 Å². The highest BCUT2D eigenvalue weighted by Gasteiger charge is 2.29. The van der Waals surface area contributed by atoms with Gasteiger partial charge in [0.05, 0.1) is 11.5 Å². The summed E-state index contributed by atoms with van der Waals surface area (Å²) < 4.78 is 23.2. The molecule has 1 aromatic carbocycles. The zero-order valence-corrected chi connectivity index (χ0v) is 13.1. The summed E-state index contributed by atoms with van der Waals surface area (Å²) in [5, 5.41) is 0.792. The molecule has 1 unspecified atom stereocenters. The van der Waals surface area contributed by atoms with Gasteiger partial charge in [-0.1, -0.05) is 33.6 Å². The predicted molar refractivity (Wildman–Crippen MR) is 79.3 cm³/mol. The summed E-state index contributed by atoms with van der Waals surface area (Å²) in [5.74, 6) is 0.509. The SMILES string of the molecule is Cc1ccc(N2CCS(=O)(=O)CC2C)c(CBr)c1. The predicted octanol–water partition coefficient (Wildman–Crippen LogP) is 2.51. The molecule has 1 fully saturated rings. The Morgan fingerprint density at radius 3 is 2.78 bits per heavy atom. The fraction of sp³-hybridized carbons (Fsp3) is 0.538. The van der Waals surface area contributed by atoms with E-state index < -0.39 is 9.84 Å². The van der Waals surface area contributed by atoms with Crippen LogP contribution in [-0.4, -0.2) is 32.5 Å². The largest absolute Gasteiger partial charge is 0.367 e. The lowest BCUT2D eigenvalue weighted by Gasteiger charge is -2.36. The first-order chi connectivity index (χ1) is 8.43. The van der Waals surface area contributed by atoms with Gasteiger partial charge < -0.3 is 4.90 Å². The smallest absolute Gasteiger partial charge is 0.154 e. The molecule has 3 nitrogen and oxygen atoms in total. The van der Waals surface area contributed by atoms with Crippen LogP contribution in [0.3, 0.4) is 0 Å². The molecule has 0 saturated carbocycles. The average Bonchev–Trinajstić information content (AvgIpc) is 2.29. The van der Waals surface area contributed by atoms with Gasteiger partial charge in [0, 0.05) is 23.6 Å². The lowest BCUT2D eigenvalue weighted by Crippen LogP contribution is -2.47. The first kappa shape index (κ1) is 13.9. The molecule has 0 amide bonds. The van der Waals surface area contributed by atoms with Gasteiger partial charge in [0.15, 0.2) is 9.84 Å². The Balaban J connectivity index is 2.32. The highest BCUT2D eigenvalue weighted by molar-refractivity contribution is 9.08. The van der Waals surface area contributed by atoms with E-state index in [0.29, 0.717) is 6.54 Å². The van der Waals surface area contributed by atoms with Crippen molar-refractivity contribution in [2.45, 2.75) is 25.2 Å². The monoisotopic (exact) mass is 331 g/mol. The Kier molecular flexibility index (Phi) is 4.02. The van der Waals surface area contributed by atoms with Gasteiger partial charge in [-0.25, -0.2) is 8.42 Å². The minimum absolute atomic E-state index is 0.0456. The number of rotatable bonds is 2. The Labute approximate surface area is 117 Å². The number of benzene rings is 1. The van der Waals surface area contributed by atoms with Gasteiger partial charge in [-0.2, -0.15) is 0 Å². The third kappa shape index (κ3) is 2.88. The van der Waals surface area contributed by atoms with Gasteiger partial charge in [0.2, 0.25) is 0 Å². The zero-order valence-electron chi connectivity index (χ0n) is 10.7. The molecule has 1 heterocycles. The number of alkyl halides is 1. The van der Waals surface area contributed by atoms with Crippen LogP contribution in [0.25, 0.3) is 0 Å². The molecule has 0 radical (unpaired) electrons. The maximum Gasteiger partial charge on any atom is 0.154 e. The molecule has 1 aliphatic heterocycles. The number of nitrogens with zero attached hydrogens (tertiary/aromatic N) is 1. The number of hydrogen-bond acceptors (Lipinski definition) is 3. The van der Waals surface area contributed by atoms with Gasteiger partial charge in [-0.05, 0) is 25.5 Å². The van der Waals surface area contributed by atoms with Crippen LogP contribution in [0.2, 0.25) is 0 Å². The maximum absolute atomic E-state index is 11.6. The summed E-state index contributed by atoms with van der Waals surface area (Å²) in [5.41, 5.74) is 3.60. The topological polar surface area (TPSA) is 37.4 Å². The first-order valence-electron chi connectivity index (χ1n) is 6.05. The van der Waals surface area contributed by atoms with E-state index in [4.69, 9.17) is 0 Å². The Hall–Kier alpha value is -0.550. The normalized spacial score (nSPS) is 23.1. The molecule has 5 heteroatoms. The lowest BCUT2D eigenvalue weighted by atomic mass is 10.1. The second-order valence-electron chi connectivity index (χ2n) is 4.92. The molecular formula is C13H18BrNO2S. The number of sulfone groups is 1. The number of anilines is 1. The molecule has 100 valence electrons. The highest BCUT2D eigenvalue weighted by Crippen LogP contribution is 2.28. The van der Waals surface area contributed by atoms with Gasteiger partial charge >= 0.3 is 0 Å². The van der Waals surface area contributed by atoms with E-state index in [1.54, 1.807) is 0 Å². The summed E-state index contributed by atoms with van der Waals surface area (Å²) >= 11 is 3.51. The van der Waals surface area contributed by atoms with Gasteiger partial charge in [0.25, 0.3) is 0 Å². The second kappa shape index (κ2) is 5.21. The van der Waals surface area contributed by atoms with Gasteiger partial charge in [-0.3, -0.25) is 0 Å². The van der Waals surface area contributed by atoms with Crippen molar-refractivity contribution in [1.29, 1.82) is 0 Å². The van der Waals surface area contributed by atoms with Crippen LogP contribution < -0.4 is 4.90 Å². The van der Waals surface area contributed by atoms with Crippen molar-refractivity contribution >= 4 is 31.5 Å². The van der Waals surface area contributed by atoms with E-state index in [0.717, 1.165) is 11.0 Å². The van der Waals surface area contributed by atoms with Crippen molar-refractivity contribution in [3.05, 3.63) is 29.3 Å². The van der Waals surface area contributed by atoms with Crippen molar-refractivity contribution in [2.24, 2.45) is 0 Å². The summed E-state index contributed by atoms with van der Waals surface area (Å²) in [7, 11) is -2.85. The number of halogens is 1. The van der Waals surface area contributed by atoms with E-state index in [1.165, 1.54) is 11.1 Å². The van der Waals surface area contributed by atoms with Crippen LogP contribution >= 0.6 is 15.9 Å². The fourth-order valence-corrected chi connectivity index (χ4v) is 4.46.